The zero-order valence-electron chi connectivity index (χ0n) is 27.7. The molecule has 2 saturated heterocycles. The summed E-state index contributed by atoms with van der Waals surface area (Å²) in [7, 11) is 1.79. The summed E-state index contributed by atoms with van der Waals surface area (Å²) in [5, 5.41) is 15.4. The van der Waals surface area contributed by atoms with Gasteiger partial charge in [-0.15, -0.1) is 0 Å². The second-order valence-corrected chi connectivity index (χ2v) is 13.6. The van der Waals surface area contributed by atoms with E-state index in [1.807, 2.05) is 36.4 Å². The molecular weight excluding hydrogens is 620 g/mol. The molecule has 1 N–H and O–H groups in total. The van der Waals surface area contributed by atoms with Crippen LogP contribution in [-0.4, -0.2) is 79.6 Å². The van der Waals surface area contributed by atoms with Crippen LogP contribution >= 0.6 is 0 Å². The maximum absolute atomic E-state index is 15.8. The molecule has 0 radical (unpaired) electrons. The highest BCUT2D eigenvalue weighted by Gasteiger charge is 2.40. The number of aryl methyl sites for hydroxylation is 1. The number of amides is 2. The minimum absolute atomic E-state index is 0.132. The maximum atomic E-state index is 15.8. The van der Waals surface area contributed by atoms with Crippen LogP contribution in [0.3, 0.4) is 0 Å². The van der Waals surface area contributed by atoms with Gasteiger partial charge in [0.05, 0.1) is 23.5 Å². The lowest BCUT2D eigenvalue weighted by Crippen LogP contribution is -2.52. The van der Waals surface area contributed by atoms with Crippen molar-refractivity contribution in [2.45, 2.75) is 64.3 Å². The molecule has 2 atom stereocenters. The number of piperidine rings is 2. The SMILES string of the molecule is Cn1nc(-c2ccc(O)nc2OCc2ccccc2)c2cc(F)c(C3CCN(C(=O)C4CCN(C(=O)OC(C)(C)C)CC4F)CC3)cc21. The number of pyridine rings is 1. The third-order valence-electron chi connectivity index (χ3n) is 9.04. The fraction of sp³-hybridized carbons (Fsp3) is 0.444. The molecule has 10 nitrogen and oxygen atoms in total. The van der Waals surface area contributed by atoms with Gasteiger partial charge in [0.1, 0.15) is 29.9 Å². The zero-order valence-corrected chi connectivity index (χ0v) is 27.7. The zero-order chi connectivity index (χ0) is 34.2. The number of nitrogens with zero attached hydrogens (tertiary/aromatic N) is 5. The first-order valence-electron chi connectivity index (χ1n) is 16.3. The van der Waals surface area contributed by atoms with E-state index in [2.05, 4.69) is 10.1 Å². The third-order valence-corrected chi connectivity index (χ3v) is 9.04. The van der Waals surface area contributed by atoms with Crippen molar-refractivity contribution in [1.82, 2.24) is 24.6 Å². The first-order valence-corrected chi connectivity index (χ1v) is 16.3. The summed E-state index contributed by atoms with van der Waals surface area (Å²) in [6.07, 6.45) is -0.767. The Hall–Kier alpha value is -4.74. The predicted molar refractivity (Wildman–Crippen MR) is 176 cm³/mol. The highest BCUT2D eigenvalue weighted by atomic mass is 19.1. The minimum atomic E-state index is -1.48. The van der Waals surface area contributed by atoms with Gasteiger partial charge in [-0.05, 0) is 75.3 Å². The van der Waals surface area contributed by atoms with E-state index in [1.165, 1.54) is 17.0 Å². The highest BCUT2D eigenvalue weighted by Crippen LogP contribution is 2.39. The number of aromatic hydroxyl groups is 1. The molecule has 2 unspecified atom stereocenters. The fourth-order valence-corrected chi connectivity index (χ4v) is 6.57. The molecule has 0 spiro atoms. The van der Waals surface area contributed by atoms with E-state index < -0.39 is 23.8 Å². The molecule has 0 bridgehead atoms. The van der Waals surface area contributed by atoms with Crippen LogP contribution in [-0.2, 0) is 23.2 Å². The summed E-state index contributed by atoms with van der Waals surface area (Å²) in [6.45, 7) is 6.34. The van der Waals surface area contributed by atoms with Gasteiger partial charge in [0.2, 0.25) is 17.7 Å². The second kappa shape index (κ2) is 13.4. The van der Waals surface area contributed by atoms with Gasteiger partial charge in [0.15, 0.2) is 0 Å². The van der Waals surface area contributed by atoms with E-state index in [-0.39, 0.29) is 55.5 Å². The molecular formula is C36H41F2N5O5. The molecule has 2 aliphatic heterocycles. The number of carbonyl (C=O) groups is 2. The van der Waals surface area contributed by atoms with E-state index in [0.717, 1.165) is 11.1 Å². The summed E-state index contributed by atoms with van der Waals surface area (Å²) >= 11 is 0. The quantitative estimate of drug-likeness (QED) is 0.256. The number of benzene rings is 2. The van der Waals surface area contributed by atoms with Crippen molar-refractivity contribution < 1.29 is 33.0 Å². The smallest absolute Gasteiger partial charge is 0.410 e. The van der Waals surface area contributed by atoms with Crippen LogP contribution in [0.15, 0.2) is 54.6 Å². The number of rotatable bonds is 6. The van der Waals surface area contributed by atoms with Gasteiger partial charge in [0, 0.05) is 38.1 Å². The third kappa shape index (κ3) is 7.07. The lowest BCUT2D eigenvalue weighted by atomic mass is 9.87. The number of alkyl halides is 1. The summed E-state index contributed by atoms with van der Waals surface area (Å²) in [5.74, 6) is -1.60. The normalized spacial score (nSPS) is 19.0. The molecule has 6 rings (SSSR count). The summed E-state index contributed by atoms with van der Waals surface area (Å²) < 4.78 is 44.1. The standard InChI is InChI=1S/C36H41F2N5O5/c1-36(2,3)48-35(46)43-17-14-24(29(38)20-43)34(45)42-15-12-23(13-16-42)26-19-30-27(18-28(26)37)32(40-41(30)4)25-10-11-31(44)39-33(25)47-21-22-8-6-5-7-9-22/h5-11,18-19,23-24,29H,12-17,20-21H2,1-4H3,(H,39,44). The number of likely N-dealkylation sites (tertiary alicyclic amines) is 2. The van der Waals surface area contributed by atoms with Crippen molar-refractivity contribution in [3.8, 4) is 23.0 Å². The number of hydrogen-bond acceptors (Lipinski definition) is 7. The molecule has 2 aromatic heterocycles. The predicted octanol–water partition coefficient (Wildman–Crippen LogP) is 6.36. The Labute approximate surface area is 278 Å². The van der Waals surface area contributed by atoms with Crippen LogP contribution in [0, 0.1) is 11.7 Å². The summed E-state index contributed by atoms with van der Waals surface area (Å²) in [6, 6.07) is 16.0. The van der Waals surface area contributed by atoms with Gasteiger partial charge in [0.25, 0.3) is 0 Å². The Morgan fingerprint density at radius 1 is 1.00 bits per heavy atom. The molecule has 254 valence electrons. The van der Waals surface area contributed by atoms with Crippen LogP contribution in [0.25, 0.3) is 22.2 Å². The Bertz CT molecular complexity index is 1800. The lowest BCUT2D eigenvalue weighted by molar-refractivity contribution is -0.141. The molecule has 2 fully saturated rings. The average molecular weight is 662 g/mol. The molecule has 4 aromatic rings. The number of hydrogen-bond donors (Lipinski definition) is 1. The van der Waals surface area contributed by atoms with Crippen LogP contribution < -0.4 is 4.74 Å². The average Bonchev–Trinajstić information content (AvgIpc) is 3.37. The first-order chi connectivity index (χ1) is 22.9. The number of fused-ring (bicyclic) bond motifs is 1. The highest BCUT2D eigenvalue weighted by molar-refractivity contribution is 5.95. The summed E-state index contributed by atoms with van der Waals surface area (Å²) in [5.41, 5.74) is 2.51. The lowest BCUT2D eigenvalue weighted by Gasteiger charge is -2.39. The topological polar surface area (TPSA) is 110 Å². The van der Waals surface area contributed by atoms with Crippen molar-refractivity contribution in [2.75, 3.05) is 26.2 Å². The van der Waals surface area contributed by atoms with Gasteiger partial charge in [-0.2, -0.15) is 10.1 Å². The molecule has 2 aliphatic rings. The monoisotopic (exact) mass is 661 g/mol. The second-order valence-electron chi connectivity index (χ2n) is 13.6. The van der Waals surface area contributed by atoms with Crippen LogP contribution in [0.1, 0.15) is 57.1 Å². The van der Waals surface area contributed by atoms with E-state index in [1.54, 1.807) is 43.5 Å². The van der Waals surface area contributed by atoms with E-state index in [4.69, 9.17) is 9.47 Å². The van der Waals surface area contributed by atoms with E-state index >= 15 is 8.78 Å². The molecule has 2 aromatic carbocycles. The van der Waals surface area contributed by atoms with Crippen molar-refractivity contribution in [1.29, 1.82) is 0 Å². The molecule has 0 aliphatic carbocycles. The van der Waals surface area contributed by atoms with Gasteiger partial charge in [-0.1, -0.05) is 30.3 Å². The van der Waals surface area contributed by atoms with Gasteiger partial charge in [-0.3, -0.25) is 9.48 Å². The maximum Gasteiger partial charge on any atom is 0.410 e. The van der Waals surface area contributed by atoms with Crippen molar-refractivity contribution in [3.05, 3.63) is 71.5 Å². The Morgan fingerprint density at radius 3 is 2.40 bits per heavy atom. The van der Waals surface area contributed by atoms with Crippen molar-refractivity contribution in [3.63, 3.8) is 0 Å². The Balaban J connectivity index is 1.14. The molecule has 12 heteroatoms. The molecule has 0 saturated carbocycles. The molecule has 4 heterocycles. The molecule has 2 amide bonds. The minimum Gasteiger partial charge on any atom is -0.493 e. The largest absolute Gasteiger partial charge is 0.493 e. The molecule has 48 heavy (non-hydrogen) atoms. The van der Waals surface area contributed by atoms with Gasteiger partial charge in [-0.25, -0.2) is 13.6 Å². The Kier molecular flexibility index (Phi) is 9.26. The van der Waals surface area contributed by atoms with Crippen molar-refractivity contribution in [2.24, 2.45) is 13.0 Å². The number of carbonyl (C=O) groups excluding carboxylic acids is 2. The van der Waals surface area contributed by atoms with Crippen LogP contribution in [0.2, 0.25) is 0 Å². The van der Waals surface area contributed by atoms with E-state index in [0.29, 0.717) is 48.1 Å². The number of ether oxygens (including phenoxy) is 2. The van der Waals surface area contributed by atoms with Crippen molar-refractivity contribution >= 4 is 22.9 Å². The van der Waals surface area contributed by atoms with E-state index in [9.17, 15) is 14.7 Å². The van der Waals surface area contributed by atoms with Crippen LogP contribution in [0.5, 0.6) is 11.8 Å². The first kappa shape index (κ1) is 33.2. The number of aromatic nitrogens is 3. The summed E-state index contributed by atoms with van der Waals surface area (Å²) in [4.78, 5) is 32.9. The van der Waals surface area contributed by atoms with Gasteiger partial charge >= 0.3 is 6.09 Å². The van der Waals surface area contributed by atoms with Crippen LogP contribution in [0.4, 0.5) is 13.6 Å². The number of halogens is 2. The fourth-order valence-electron chi connectivity index (χ4n) is 6.57. The Morgan fingerprint density at radius 2 is 1.71 bits per heavy atom. The van der Waals surface area contributed by atoms with Gasteiger partial charge < -0.3 is 24.4 Å².